The molecule has 0 saturated carbocycles. The first-order valence-corrected chi connectivity index (χ1v) is 8.71. The van der Waals surface area contributed by atoms with E-state index < -0.39 is 0 Å². The first kappa shape index (κ1) is 15.2. The second kappa shape index (κ2) is 6.29. The van der Waals surface area contributed by atoms with Crippen molar-refractivity contribution in [1.29, 1.82) is 0 Å². The number of benzene rings is 2. The van der Waals surface area contributed by atoms with Crippen molar-refractivity contribution in [2.45, 2.75) is 13.0 Å². The molecule has 3 nitrogen and oxygen atoms in total. The molecular weight excluding hydrogens is 364 g/mol. The summed E-state index contributed by atoms with van der Waals surface area (Å²) in [7, 11) is 1.70. The summed E-state index contributed by atoms with van der Waals surface area (Å²) in [4.78, 5) is 4.64. The predicted octanol–water partition coefficient (Wildman–Crippen LogP) is 5.20. The number of ether oxygens (including phenoxy) is 1. The van der Waals surface area contributed by atoms with E-state index in [1.807, 2.05) is 18.2 Å². The van der Waals surface area contributed by atoms with Gasteiger partial charge in [-0.1, -0.05) is 30.3 Å². The average Bonchev–Trinajstić information content (AvgIpc) is 3.05. The molecule has 0 aliphatic heterocycles. The summed E-state index contributed by atoms with van der Waals surface area (Å²) >= 11 is 3.61. The molecule has 24 heavy (non-hydrogen) atoms. The molecule has 0 radical (unpaired) electrons. The first-order chi connectivity index (χ1) is 11.8. The van der Waals surface area contributed by atoms with Crippen molar-refractivity contribution in [3.63, 3.8) is 0 Å². The zero-order chi connectivity index (χ0) is 16.5. The summed E-state index contributed by atoms with van der Waals surface area (Å²) in [5.74, 6) is 0.905. The van der Waals surface area contributed by atoms with Gasteiger partial charge in [-0.3, -0.25) is 0 Å². The number of para-hydroxylation sites is 1. The molecule has 4 rings (SSSR count). The zero-order valence-electron chi connectivity index (χ0n) is 13.4. The molecule has 0 saturated heterocycles. The summed E-state index contributed by atoms with van der Waals surface area (Å²) in [6, 6.07) is 18.7. The Bertz CT molecular complexity index is 1020. The lowest BCUT2D eigenvalue weighted by molar-refractivity contribution is 0.414. The van der Waals surface area contributed by atoms with Crippen molar-refractivity contribution in [3.05, 3.63) is 71.0 Å². The van der Waals surface area contributed by atoms with E-state index in [0.717, 1.165) is 34.2 Å². The predicted molar refractivity (Wildman–Crippen MR) is 102 cm³/mol. The van der Waals surface area contributed by atoms with Crippen LogP contribution >= 0.6 is 15.9 Å². The van der Waals surface area contributed by atoms with Crippen molar-refractivity contribution in [2.24, 2.45) is 0 Å². The molecule has 4 aromatic rings. The molecule has 0 spiro atoms. The van der Waals surface area contributed by atoms with Crippen LogP contribution in [-0.2, 0) is 13.0 Å². The lowest BCUT2D eigenvalue weighted by atomic mass is 10.1. The van der Waals surface area contributed by atoms with Gasteiger partial charge in [0.2, 0.25) is 0 Å². The van der Waals surface area contributed by atoms with E-state index in [9.17, 15) is 0 Å². The van der Waals surface area contributed by atoms with Crippen LogP contribution in [0, 0.1) is 0 Å². The van der Waals surface area contributed by atoms with Crippen LogP contribution in [0.5, 0.6) is 5.75 Å². The van der Waals surface area contributed by atoms with Crippen molar-refractivity contribution in [1.82, 2.24) is 9.55 Å². The Hall–Kier alpha value is -2.33. The topological polar surface area (TPSA) is 27.1 Å². The average molecular weight is 381 g/mol. The molecule has 0 bridgehead atoms. The van der Waals surface area contributed by atoms with Gasteiger partial charge in [0.25, 0.3) is 0 Å². The van der Waals surface area contributed by atoms with Gasteiger partial charge in [-0.2, -0.15) is 0 Å². The number of hydrogen-bond donors (Lipinski definition) is 0. The van der Waals surface area contributed by atoms with Gasteiger partial charge in [0, 0.05) is 23.5 Å². The van der Waals surface area contributed by atoms with Crippen molar-refractivity contribution < 1.29 is 4.74 Å². The number of fused-ring (bicyclic) bond motifs is 3. The smallest absolute Gasteiger partial charge is 0.119 e. The molecule has 2 aromatic heterocycles. The van der Waals surface area contributed by atoms with Crippen LogP contribution in [-0.4, -0.2) is 16.7 Å². The Morgan fingerprint density at radius 2 is 1.92 bits per heavy atom. The Morgan fingerprint density at radius 3 is 2.79 bits per heavy atom. The third-order valence-corrected chi connectivity index (χ3v) is 4.94. The summed E-state index contributed by atoms with van der Waals surface area (Å²) in [5.41, 5.74) is 3.52. The van der Waals surface area contributed by atoms with Gasteiger partial charge in [-0.15, -0.1) is 0 Å². The molecule has 0 aliphatic rings. The quantitative estimate of drug-likeness (QED) is 0.454. The molecule has 0 atom stereocenters. The fourth-order valence-electron chi connectivity index (χ4n) is 3.14. The first-order valence-electron chi connectivity index (χ1n) is 7.92. The van der Waals surface area contributed by atoms with E-state index in [0.29, 0.717) is 0 Å². The van der Waals surface area contributed by atoms with Crippen LogP contribution in [0.4, 0.5) is 0 Å². The number of pyridine rings is 1. The van der Waals surface area contributed by atoms with Crippen molar-refractivity contribution in [2.75, 3.05) is 7.11 Å². The van der Waals surface area contributed by atoms with Crippen LogP contribution in [0.15, 0.2) is 65.4 Å². The van der Waals surface area contributed by atoms with Crippen LogP contribution < -0.4 is 4.74 Å². The standard InChI is InChI=1S/C20H17BrN2O/c1-24-15-6-4-5-14(13-15)9-11-23-12-10-17-19(23)16-7-2-3-8-18(16)22-20(17)21/h2-8,10,12-13H,9,11H2,1H3. The van der Waals surface area contributed by atoms with Crippen molar-refractivity contribution >= 4 is 37.7 Å². The van der Waals surface area contributed by atoms with Gasteiger partial charge >= 0.3 is 0 Å². The second-order valence-electron chi connectivity index (χ2n) is 5.79. The van der Waals surface area contributed by atoms with Crippen LogP contribution in [0.25, 0.3) is 21.8 Å². The number of nitrogens with zero attached hydrogens (tertiary/aromatic N) is 2. The normalized spacial score (nSPS) is 11.2. The molecule has 0 amide bonds. The highest BCUT2D eigenvalue weighted by Gasteiger charge is 2.10. The van der Waals surface area contributed by atoms with Crippen LogP contribution in [0.2, 0.25) is 0 Å². The minimum absolute atomic E-state index is 0.899. The molecule has 120 valence electrons. The molecule has 0 N–H and O–H groups in total. The SMILES string of the molecule is COc1cccc(CCn2ccc3c(Br)nc4ccccc4c32)c1. The van der Waals surface area contributed by atoms with Gasteiger partial charge in [0.05, 0.1) is 18.1 Å². The number of halogens is 1. The molecule has 0 unspecified atom stereocenters. The van der Waals surface area contributed by atoms with E-state index in [1.54, 1.807) is 7.11 Å². The van der Waals surface area contributed by atoms with Gasteiger partial charge in [-0.25, -0.2) is 4.98 Å². The maximum Gasteiger partial charge on any atom is 0.119 e. The zero-order valence-corrected chi connectivity index (χ0v) is 15.0. The maximum absolute atomic E-state index is 5.31. The molecular formula is C20H17BrN2O. The molecule has 0 aliphatic carbocycles. The van der Waals surface area contributed by atoms with Gasteiger partial charge in [0.1, 0.15) is 10.4 Å². The Balaban J connectivity index is 1.74. The second-order valence-corrected chi connectivity index (χ2v) is 6.54. The van der Waals surface area contributed by atoms with Crippen LogP contribution in [0.1, 0.15) is 5.56 Å². The molecule has 2 aromatic carbocycles. The summed E-state index contributed by atoms with van der Waals surface area (Å²) in [6.45, 7) is 0.914. The van der Waals surface area contributed by atoms with Gasteiger partial charge in [0.15, 0.2) is 0 Å². The van der Waals surface area contributed by atoms with E-state index in [4.69, 9.17) is 4.74 Å². The van der Waals surface area contributed by atoms with Gasteiger partial charge < -0.3 is 9.30 Å². The maximum atomic E-state index is 5.31. The molecule has 2 heterocycles. The number of methoxy groups -OCH3 is 1. The number of rotatable bonds is 4. The fraction of sp³-hybridized carbons (Fsp3) is 0.150. The van der Waals surface area contributed by atoms with Crippen LogP contribution in [0.3, 0.4) is 0 Å². The van der Waals surface area contributed by atoms with E-state index >= 15 is 0 Å². The Morgan fingerprint density at radius 1 is 1.04 bits per heavy atom. The summed E-state index contributed by atoms with van der Waals surface area (Å²) < 4.78 is 8.52. The highest BCUT2D eigenvalue weighted by atomic mass is 79.9. The largest absolute Gasteiger partial charge is 0.497 e. The minimum Gasteiger partial charge on any atom is -0.497 e. The lowest BCUT2D eigenvalue weighted by Gasteiger charge is -2.09. The minimum atomic E-state index is 0.899. The van der Waals surface area contributed by atoms with E-state index in [2.05, 4.69) is 68.1 Å². The molecule has 0 fully saturated rings. The fourth-order valence-corrected chi connectivity index (χ4v) is 3.65. The van der Waals surface area contributed by atoms with E-state index in [1.165, 1.54) is 16.5 Å². The highest BCUT2D eigenvalue weighted by molar-refractivity contribution is 9.10. The summed E-state index contributed by atoms with van der Waals surface area (Å²) in [6.07, 6.45) is 3.10. The Kier molecular flexibility index (Phi) is 3.98. The monoisotopic (exact) mass is 380 g/mol. The number of aromatic nitrogens is 2. The Labute approximate surface area is 149 Å². The molecule has 4 heteroatoms. The lowest BCUT2D eigenvalue weighted by Crippen LogP contribution is -2.01. The number of hydrogen-bond acceptors (Lipinski definition) is 2. The van der Waals surface area contributed by atoms with Crippen molar-refractivity contribution in [3.8, 4) is 5.75 Å². The number of aryl methyl sites for hydroxylation is 2. The third-order valence-electron chi connectivity index (χ3n) is 4.34. The summed E-state index contributed by atoms with van der Waals surface area (Å²) in [5, 5.41) is 2.34. The highest BCUT2D eigenvalue weighted by Crippen LogP contribution is 2.30. The third kappa shape index (κ3) is 2.67. The van der Waals surface area contributed by atoms with Gasteiger partial charge in [-0.05, 0) is 52.2 Å². The van der Waals surface area contributed by atoms with E-state index in [-0.39, 0.29) is 0 Å².